The molecule has 0 radical (unpaired) electrons. The number of aliphatic hydroxyl groups is 1. The first-order chi connectivity index (χ1) is 11.0. The predicted molar refractivity (Wildman–Crippen MR) is 96.1 cm³/mol. The van der Waals surface area contributed by atoms with E-state index in [-0.39, 0.29) is 11.5 Å². The van der Waals surface area contributed by atoms with E-state index in [9.17, 15) is 9.90 Å². The molecule has 0 bridgehead atoms. The first kappa shape index (κ1) is 16.5. The van der Waals surface area contributed by atoms with Crippen LogP contribution in [0, 0.1) is 13.8 Å². The molecule has 2 rings (SSSR count). The van der Waals surface area contributed by atoms with Crippen molar-refractivity contribution in [1.82, 2.24) is 0 Å². The average molecular weight is 304 g/mol. The predicted octanol–water partition coefficient (Wildman–Crippen LogP) is 5.04. The molecule has 23 heavy (non-hydrogen) atoms. The van der Waals surface area contributed by atoms with E-state index >= 15 is 0 Å². The molecule has 0 aliphatic rings. The molecule has 0 saturated heterocycles. The highest BCUT2D eigenvalue weighted by molar-refractivity contribution is 6.02. The number of allylic oxidation sites excluding steroid dienone is 3. The summed E-state index contributed by atoms with van der Waals surface area (Å²) in [7, 11) is 0. The zero-order valence-corrected chi connectivity index (χ0v) is 13.4. The first-order valence-electron chi connectivity index (χ1n) is 7.47. The zero-order chi connectivity index (χ0) is 16.7. The van der Waals surface area contributed by atoms with Gasteiger partial charge in [-0.1, -0.05) is 71.8 Å². The van der Waals surface area contributed by atoms with E-state index in [2.05, 4.69) is 0 Å². The van der Waals surface area contributed by atoms with Gasteiger partial charge in [0.2, 0.25) is 0 Å². The third-order valence-corrected chi connectivity index (χ3v) is 3.33. The molecule has 0 fully saturated rings. The molecule has 0 heterocycles. The van der Waals surface area contributed by atoms with Gasteiger partial charge in [0, 0.05) is 6.08 Å². The fourth-order valence-electron chi connectivity index (χ4n) is 1.96. The number of hydrogen-bond donors (Lipinski definition) is 1. The molecule has 0 atom stereocenters. The molecule has 2 aromatic rings. The average Bonchev–Trinajstić information content (AvgIpc) is 2.54. The highest BCUT2D eigenvalue weighted by Crippen LogP contribution is 2.07. The smallest absolute Gasteiger partial charge is 0.182 e. The highest BCUT2D eigenvalue weighted by atomic mass is 16.3. The summed E-state index contributed by atoms with van der Waals surface area (Å²) in [6, 6.07) is 15.8. The summed E-state index contributed by atoms with van der Waals surface area (Å²) >= 11 is 0. The maximum Gasteiger partial charge on any atom is 0.182 e. The number of rotatable bonds is 5. The van der Waals surface area contributed by atoms with Crippen LogP contribution >= 0.6 is 0 Å². The lowest BCUT2D eigenvalue weighted by Gasteiger charge is -1.95. The van der Waals surface area contributed by atoms with Gasteiger partial charge in [-0.05, 0) is 37.1 Å². The molecule has 2 heteroatoms. The first-order valence-corrected chi connectivity index (χ1v) is 7.47. The van der Waals surface area contributed by atoms with Crippen LogP contribution in [0.15, 0.2) is 72.5 Å². The summed E-state index contributed by atoms with van der Waals surface area (Å²) < 4.78 is 0. The number of hydrogen-bond acceptors (Lipinski definition) is 2. The third-order valence-electron chi connectivity index (χ3n) is 3.33. The van der Waals surface area contributed by atoms with Crippen LogP contribution in [-0.2, 0) is 4.79 Å². The third kappa shape index (κ3) is 5.79. The van der Waals surface area contributed by atoms with Crippen LogP contribution in [-0.4, -0.2) is 10.9 Å². The van der Waals surface area contributed by atoms with Crippen LogP contribution in [0.5, 0.6) is 0 Å². The van der Waals surface area contributed by atoms with Crippen molar-refractivity contribution in [1.29, 1.82) is 0 Å². The van der Waals surface area contributed by atoms with Gasteiger partial charge < -0.3 is 5.11 Å². The largest absolute Gasteiger partial charge is 0.508 e. The molecule has 0 aliphatic heterocycles. The van der Waals surface area contributed by atoms with Crippen molar-refractivity contribution < 1.29 is 9.90 Å². The molecule has 2 aromatic carbocycles. The van der Waals surface area contributed by atoms with E-state index in [4.69, 9.17) is 0 Å². The lowest BCUT2D eigenvalue weighted by atomic mass is 10.1. The van der Waals surface area contributed by atoms with E-state index in [1.165, 1.54) is 29.4 Å². The Morgan fingerprint density at radius 1 is 0.783 bits per heavy atom. The number of benzene rings is 2. The van der Waals surface area contributed by atoms with E-state index in [0.29, 0.717) is 0 Å². The summed E-state index contributed by atoms with van der Waals surface area (Å²) in [5.74, 6) is -0.319. The Balaban J connectivity index is 1.98. The van der Waals surface area contributed by atoms with Crippen LogP contribution in [0.2, 0.25) is 0 Å². The topological polar surface area (TPSA) is 37.3 Å². The monoisotopic (exact) mass is 304 g/mol. The van der Waals surface area contributed by atoms with Gasteiger partial charge in [-0.2, -0.15) is 0 Å². The van der Waals surface area contributed by atoms with Gasteiger partial charge in [-0.3, -0.25) is 4.79 Å². The zero-order valence-electron chi connectivity index (χ0n) is 13.4. The van der Waals surface area contributed by atoms with Crippen molar-refractivity contribution in [3.05, 3.63) is 94.8 Å². The molecule has 0 unspecified atom stereocenters. The van der Waals surface area contributed by atoms with Crippen molar-refractivity contribution in [3.8, 4) is 0 Å². The van der Waals surface area contributed by atoms with E-state index in [0.717, 1.165) is 11.1 Å². The number of aliphatic hydroxyl groups excluding tert-OH is 1. The Morgan fingerprint density at radius 2 is 1.22 bits per heavy atom. The molecule has 0 amide bonds. The Kier molecular flexibility index (Phi) is 5.70. The fraction of sp³-hybridized carbons (Fsp3) is 0.0952. The number of aryl methyl sites for hydroxylation is 2. The Morgan fingerprint density at radius 3 is 1.70 bits per heavy atom. The minimum Gasteiger partial charge on any atom is -0.508 e. The van der Waals surface area contributed by atoms with Crippen LogP contribution in [0.25, 0.3) is 12.2 Å². The Labute approximate surface area is 137 Å². The minimum absolute atomic E-state index is 0.0656. The van der Waals surface area contributed by atoms with Crippen molar-refractivity contribution in [2.75, 3.05) is 0 Å². The van der Waals surface area contributed by atoms with Crippen LogP contribution in [0.4, 0.5) is 0 Å². The lowest BCUT2D eigenvalue weighted by Crippen LogP contribution is -1.88. The van der Waals surface area contributed by atoms with Crippen molar-refractivity contribution in [2.24, 2.45) is 0 Å². The quantitative estimate of drug-likeness (QED) is 0.477. The second-order valence-electron chi connectivity index (χ2n) is 5.46. The van der Waals surface area contributed by atoms with Crippen molar-refractivity contribution in [2.45, 2.75) is 13.8 Å². The molecule has 0 aromatic heterocycles. The molecular weight excluding hydrogens is 284 g/mol. The second kappa shape index (κ2) is 7.95. The SMILES string of the molecule is Cc1ccc(C=CC(=O)C=C(O)C=Cc2ccc(C)cc2)cc1. The van der Waals surface area contributed by atoms with Crippen LogP contribution < -0.4 is 0 Å². The molecular formula is C21H20O2. The molecule has 2 nitrogen and oxygen atoms in total. The van der Waals surface area contributed by atoms with Gasteiger partial charge in [0.25, 0.3) is 0 Å². The van der Waals surface area contributed by atoms with Gasteiger partial charge >= 0.3 is 0 Å². The summed E-state index contributed by atoms with van der Waals surface area (Å²) in [6.07, 6.45) is 7.66. The maximum absolute atomic E-state index is 11.8. The van der Waals surface area contributed by atoms with Crippen LogP contribution in [0.3, 0.4) is 0 Å². The normalized spacial score (nSPS) is 12.2. The summed E-state index contributed by atoms with van der Waals surface area (Å²) in [5, 5.41) is 9.79. The van der Waals surface area contributed by atoms with Gasteiger partial charge in [0.05, 0.1) is 0 Å². The fourth-order valence-corrected chi connectivity index (χ4v) is 1.96. The number of carbonyl (C=O) groups excluding carboxylic acids is 1. The van der Waals surface area contributed by atoms with Gasteiger partial charge in [-0.15, -0.1) is 0 Å². The molecule has 0 saturated carbocycles. The Bertz CT molecular complexity index is 745. The molecule has 0 aliphatic carbocycles. The maximum atomic E-state index is 11.8. The molecule has 1 N–H and O–H groups in total. The van der Waals surface area contributed by atoms with Crippen molar-refractivity contribution >= 4 is 17.9 Å². The Hall–Kier alpha value is -2.87. The van der Waals surface area contributed by atoms with Gasteiger partial charge in [0.15, 0.2) is 5.78 Å². The lowest BCUT2D eigenvalue weighted by molar-refractivity contribution is -0.110. The van der Waals surface area contributed by atoms with Crippen molar-refractivity contribution in [3.63, 3.8) is 0 Å². The number of carbonyl (C=O) groups is 1. The van der Waals surface area contributed by atoms with E-state index < -0.39 is 0 Å². The van der Waals surface area contributed by atoms with E-state index in [1.54, 1.807) is 12.2 Å². The summed E-state index contributed by atoms with van der Waals surface area (Å²) in [6.45, 7) is 4.03. The molecule has 0 spiro atoms. The van der Waals surface area contributed by atoms with Gasteiger partial charge in [-0.25, -0.2) is 0 Å². The molecule has 116 valence electrons. The van der Waals surface area contributed by atoms with Crippen LogP contribution in [0.1, 0.15) is 22.3 Å². The standard InChI is InChI=1S/C21H20O2/c1-16-3-7-18(8-4-16)11-13-20(22)15-21(23)14-12-19-9-5-17(2)6-10-19/h3-15,22H,1-2H3. The van der Waals surface area contributed by atoms with Gasteiger partial charge in [0.1, 0.15) is 5.76 Å². The van der Waals surface area contributed by atoms with E-state index in [1.807, 2.05) is 62.4 Å². The highest BCUT2D eigenvalue weighted by Gasteiger charge is 1.95. The summed E-state index contributed by atoms with van der Waals surface area (Å²) in [4.78, 5) is 11.8. The summed E-state index contributed by atoms with van der Waals surface area (Å²) in [5.41, 5.74) is 4.27. The minimum atomic E-state index is -0.253. The second-order valence-corrected chi connectivity index (χ2v) is 5.46. The number of ketones is 1.